The molecule has 10 rings (SSSR count). The van der Waals surface area contributed by atoms with Crippen molar-refractivity contribution in [3.8, 4) is 39.5 Å². The lowest BCUT2D eigenvalue weighted by Crippen LogP contribution is -2.35. The van der Waals surface area contributed by atoms with Gasteiger partial charge in [0.1, 0.15) is 28.9 Å². The summed E-state index contributed by atoms with van der Waals surface area (Å²) in [7, 11) is 3.24. The summed E-state index contributed by atoms with van der Waals surface area (Å²) >= 11 is 0. The predicted molar refractivity (Wildman–Crippen MR) is 262 cm³/mol. The second-order valence-electron chi connectivity index (χ2n) is 19.1. The first-order valence-corrected chi connectivity index (χ1v) is 23.6. The molecule has 0 amide bonds. The van der Waals surface area contributed by atoms with Crippen molar-refractivity contribution < 1.29 is 27.8 Å². The minimum absolute atomic E-state index is 0.00377. The van der Waals surface area contributed by atoms with E-state index >= 15 is 8.78 Å². The van der Waals surface area contributed by atoms with Gasteiger partial charge in [-0.05, 0) is 124 Å². The summed E-state index contributed by atoms with van der Waals surface area (Å²) in [6.07, 6.45) is 14.5. The zero-order valence-corrected chi connectivity index (χ0v) is 38.5. The molecule has 3 aliphatic rings. The molecule has 0 unspecified atom stereocenters. The van der Waals surface area contributed by atoms with E-state index in [1.807, 2.05) is 97.1 Å². The van der Waals surface area contributed by atoms with Crippen LogP contribution in [0.15, 0.2) is 133 Å². The molecule has 334 valence electrons. The summed E-state index contributed by atoms with van der Waals surface area (Å²) < 4.78 is 50.5. The Bertz CT molecular complexity index is 2930. The van der Waals surface area contributed by atoms with E-state index in [0.717, 1.165) is 62.1 Å². The Kier molecular flexibility index (Phi) is 11.4. The molecule has 0 aromatic heterocycles. The monoisotopic (exact) mass is 878 g/mol. The third kappa shape index (κ3) is 7.49. The highest BCUT2D eigenvalue weighted by Crippen LogP contribution is 2.59. The molecule has 1 heterocycles. The van der Waals surface area contributed by atoms with Crippen molar-refractivity contribution in [1.29, 1.82) is 0 Å². The molecule has 0 spiro atoms. The molecule has 0 radical (unpaired) electrons. The van der Waals surface area contributed by atoms with Crippen LogP contribution in [-0.2, 0) is 11.0 Å². The number of carbonyl (C=O) groups excluding carboxylic acids is 1. The first-order chi connectivity index (χ1) is 32.0. The number of rotatable bonds is 12. The summed E-state index contributed by atoms with van der Waals surface area (Å²) in [6, 6.07) is 40.1. The number of benzene rings is 7. The van der Waals surface area contributed by atoms with Gasteiger partial charge in [0.15, 0.2) is 11.4 Å². The largest absolute Gasteiger partial charge is 0.497 e. The van der Waals surface area contributed by atoms with Crippen molar-refractivity contribution in [3.05, 3.63) is 190 Å². The van der Waals surface area contributed by atoms with Crippen LogP contribution in [0.5, 0.6) is 17.2 Å². The SMILES string of the molecule is CCCCCC1CCC(c2ccc(C(=O)c3ccc(-c4ccc5c(c4)-c4c(c6c(c7c(F)cc(F)cc47)OC(c4ccc(OC)cc4)(c4ccc(OC)cc4)C=C6)C5(C)C)cc3)cc2)CC1. The number of unbranched alkanes of at least 4 members (excludes halogenated alkanes) is 2. The number of fused-ring (bicyclic) bond motifs is 8. The van der Waals surface area contributed by atoms with E-state index in [4.69, 9.17) is 14.2 Å². The van der Waals surface area contributed by atoms with E-state index < -0.39 is 22.7 Å². The Balaban J connectivity index is 0.987. The van der Waals surface area contributed by atoms with E-state index in [-0.39, 0.29) is 11.2 Å². The number of halogens is 2. The van der Waals surface area contributed by atoms with Crippen LogP contribution in [0.4, 0.5) is 8.78 Å². The third-order valence-electron chi connectivity index (χ3n) is 14.9. The van der Waals surface area contributed by atoms with Crippen LogP contribution < -0.4 is 14.2 Å². The molecule has 0 saturated heterocycles. The van der Waals surface area contributed by atoms with Crippen LogP contribution in [0, 0.1) is 17.6 Å². The summed E-state index contributed by atoms with van der Waals surface area (Å²) in [4.78, 5) is 13.8. The van der Waals surface area contributed by atoms with E-state index in [9.17, 15) is 4.79 Å². The maximum atomic E-state index is 16.7. The van der Waals surface area contributed by atoms with Crippen molar-refractivity contribution in [2.24, 2.45) is 5.92 Å². The van der Waals surface area contributed by atoms with Crippen molar-refractivity contribution in [2.45, 2.75) is 89.1 Å². The predicted octanol–water partition coefficient (Wildman–Crippen LogP) is 15.5. The van der Waals surface area contributed by atoms with Gasteiger partial charge in [0.05, 0.1) is 19.6 Å². The van der Waals surface area contributed by atoms with Gasteiger partial charge in [-0.2, -0.15) is 0 Å². The Morgan fingerprint density at radius 3 is 1.92 bits per heavy atom. The number of methoxy groups -OCH3 is 2. The molecule has 7 aromatic rings. The van der Waals surface area contributed by atoms with Gasteiger partial charge in [0, 0.05) is 39.3 Å². The number of hydrogen-bond donors (Lipinski definition) is 0. The van der Waals surface area contributed by atoms with Crippen molar-refractivity contribution in [3.63, 3.8) is 0 Å². The molecule has 1 fully saturated rings. The first kappa shape index (κ1) is 43.4. The van der Waals surface area contributed by atoms with Crippen LogP contribution >= 0.6 is 0 Å². The van der Waals surface area contributed by atoms with Crippen molar-refractivity contribution in [2.75, 3.05) is 14.2 Å². The summed E-state index contributed by atoms with van der Waals surface area (Å²) in [5.41, 5.74) is 8.87. The lowest BCUT2D eigenvalue weighted by Gasteiger charge is -2.38. The van der Waals surface area contributed by atoms with Crippen LogP contribution in [0.3, 0.4) is 0 Å². The first-order valence-electron chi connectivity index (χ1n) is 23.6. The van der Waals surface area contributed by atoms with Crippen LogP contribution in [-0.4, -0.2) is 20.0 Å². The Labute approximate surface area is 387 Å². The lowest BCUT2D eigenvalue weighted by atomic mass is 9.76. The smallest absolute Gasteiger partial charge is 0.193 e. The fourth-order valence-electron chi connectivity index (χ4n) is 11.2. The van der Waals surface area contributed by atoms with Gasteiger partial charge < -0.3 is 14.2 Å². The molecule has 1 aliphatic heterocycles. The zero-order valence-electron chi connectivity index (χ0n) is 38.5. The topological polar surface area (TPSA) is 44.8 Å². The molecule has 0 bridgehead atoms. The Hall–Kier alpha value is -6.53. The highest BCUT2D eigenvalue weighted by Gasteiger charge is 2.45. The van der Waals surface area contributed by atoms with E-state index in [1.54, 1.807) is 14.2 Å². The minimum atomic E-state index is -1.17. The molecule has 4 nitrogen and oxygen atoms in total. The average molecular weight is 879 g/mol. The number of ketones is 1. The summed E-state index contributed by atoms with van der Waals surface area (Å²) in [5.74, 6) is 1.81. The standard InChI is InChI=1S/C60H56F2O4/c1-6-7-8-9-37-10-12-38(13-11-37)39-14-18-41(19-15-39)57(63)42-20-16-40(17-21-42)43-22-31-52-50(34-43)54-51-35-46(61)36-53(62)55(51)58-49(56(54)59(52,2)3)32-33-60(66-58,44-23-27-47(64-4)28-24-44)45-25-29-48(65-5)30-26-45/h14-38H,6-13H2,1-5H3. The van der Waals surface area contributed by atoms with E-state index in [1.165, 1.54) is 63.0 Å². The third-order valence-corrected chi connectivity index (χ3v) is 14.9. The normalized spacial score (nSPS) is 17.7. The Morgan fingerprint density at radius 1 is 0.712 bits per heavy atom. The fourth-order valence-corrected chi connectivity index (χ4v) is 11.2. The molecular weight excluding hydrogens is 823 g/mol. The second-order valence-corrected chi connectivity index (χ2v) is 19.1. The molecule has 0 N–H and O–H groups in total. The van der Waals surface area contributed by atoms with Crippen molar-refractivity contribution in [1.82, 2.24) is 0 Å². The number of hydrogen-bond acceptors (Lipinski definition) is 4. The van der Waals surface area contributed by atoms with Crippen LogP contribution in [0.25, 0.3) is 39.1 Å². The van der Waals surface area contributed by atoms with Gasteiger partial charge in [0.25, 0.3) is 0 Å². The summed E-state index contributed by atoms with van der Waals surface area (Å²) in [6.45, 7) is 6.59. The van der Waals surface area contributed by atoms with Gasteiger partial charge in [0.2, 0.25) is 0 Å². The Morgan fingerprint density at radius 2 is 1.32 bits per heavy atom. The van der Waals surface area contributed by atoms with Gasteiger partial charge in [-0.25, -0.2) is 8.78 Å². The van der Waals surface area contributed by atoms with Crippen molar-refractivity contribution >= 4 is 22.6 Å². The fraction of sp³-hybridized carbons (Fsp3) is 0.283. The minimum Gasteiger partial charge on any atom is -0.497 e. The molecule has 1 saturated carbocycles. The molecular formula is C60H56F2O4. The second kappa shape index (κ2) is 17.4. The number of ether oxygens (including phenoxy) is 3. The van der Waals surface area contributed by atoms with Crippen LogP contribution in [0.1, 0.15) is 127 Å². The molecule has 7 aromatic carbocycles. The van der Waals surface area contributed by atoms with Crippen LogP contribution in [0.2, 0.25) is 0 Å². The van der Waals surface area contributed by atoms with Gasteiger partial charge in [-0.3, -0.25) is 4.79 Å². The van der Waals surface area contributed by atoms with E-state index in [0.29, 0.717) is 39.7 Å². The average Bonchev–Trinajstić information content (AvgIpc) is 3.59. The maximum Gasteiger partial charge on any atom is 0.193 e. The maximum absolute atomic E-state index is 16.7. The van der Waals surface area contributed by atoms with E-state index in [2.05, 4.69) is 51.1 Å². The molecule has 66 heavy (non-hydrogen) atoms. The lowest BCUT2D eigenvalue weighted by molar-refractivity contribution is 0.103. The number of carbonyl (C=O) groups is 1. The molecule has 2 aliphatic carbocycles. The van der Waals surface area contributed by atoms with Gasteiger partial charge in [-0.1, -0.05) is 137 Å². The molecule has 6 heteroatoms. The molecule has 0 atom stereocenters. The van der Waals surface area contributed by atoms with Gasteiger partial charge >= 0.3 is 0 Å². The highest BCUT2D eigenvalue weighted by atomic mass is 19.1. The quantitative estimate of drug-likeness (QED) is 0.0906. The zero-order chi connectivity index (χ0) is 45.7. The van der Waals surface area contributed by atoms with Gasteiger partial charge in [-0.15, -0.1) is 0 Å². The summed E-state index contributed by atoms with van der Waals surface area (Å²) in [5, 5.41) is 0.664. The highest BCUT2D eigenvalue weighted by molar-refractivity contribution is 6.10.